The Hall–Kier alpha value is -1.43. The van der Waals surface area contributed by atoms with Gasteiger partial charge in [-0.2, -0.15) is 13.2 Å². The minimum absolute atomic E-state index is 0.0681. The summed E-state index contributed by atoms with van der Waals surface area (Å²) in [5.41, 5.74) is 4.74. The lowest BCUT2D eigenvalue weighted by Gasteiger charge is -2.29. The van der Waals surface area contributed by atoms with E-state index in [1.165, 1.54) is 12.1 Å². The third-order valence-corrected chi connectivity index (χ3v) is 2.85. The van der Waals surface area contributed by atoms with Gasteiger partial charge in [0.25, 0.3) is 0 Å². The lowest BCUT2D eigenvalue weighted by atomic mass is 9.92. The third kappa shape index (κ3) is 4.92. The Balaban J connectivity index is 2.88. The normalized spacial score (nSPS) is 12.8. The summed E-state index contributed by atoms with van der Waals surface area (Å²) in [6.07, 6.45) is -4.41. The Labute approximate surface area is 117 Å². The highest BCUT2D eigenvalue weighted by molar-refractivity contribution is 5.59. The van der Waals surface area contributed by atoms with Gasteiger partial charge in [0, 0.05) is 24.5 Å². The molecular weight excluding hydrogens is 267 g/mol. The number of nitrogens with one attached hydrogen (secondary N) is 1. The molecule has 0 aliphatic rings. The van der Waals surface area contributed by atoms with E-state index in [0.29, 0.717) is 6.54 Å². The maximum absolute atomic E-state index is 13.0. The average Bonchev–Trinajstić information content (AvgIpc) is 2.24. The van der Waals surface area contributed by atoms with Crippen molar-refractivity contribution in [2.75, 3.05) is 38.2 Å². The van der Waals surface area contributed by atoms with E-state index in [-0.39, 0.29) is 16.8 Å². The highest BCUT2D eigenvalue weighted by Crippen LogP contribution is 2.36. The van der Waals surface area contributed by atoms with Crippen LogP contribution in [0.5, 0.6) is 0 Å². The molecule has 0 fully saturated rings. The predicted molar refractivity (Wildman–Crippen MR) is 76.7 cm³/mol. The number of nitrogens with zero attached hydrogens (tertiary/aromatic N) is 1. The van der Waals surface area contributed by atoms with Gasteiger partial charge in [-0.1, -0.05) is 13.8 Å². The Bertz CT molecular complexity index is 453. The second kappa shape index (κ2) is 5.91. The summed E-state index contributed by atoms with van der Waals surface area (Å²) in [6.45, 7) is 5.23. The quantitative estimate of drug-likeness (QED) is 0.817. The monoisotopic (exact) mass is 289 g/mol. The van der Waals surface area contributed by atoms with Crippen LogP contribution in [-0.2, 0) is 6.18 Å². The molecule has 114 valence electrons. The topological polar surface area (TPSA) is 41.3 Å². The molecule has 0 unspecified atom stereocenters. The number of nitrogens with two attached hydrogens (primary N) is 1. The number of hydrogen-bond donors (Lipinski definition) is 2. The number of alkyl halides is 3. The van der Waals surface area contributed by atoms with E-state index in [9.17, 15) is 13.2 Å². The van der Waals surface area contributed by atoms with Crippen molar-refractivity contribution in [2.24, 2.45) is 5.41 Å². The van der Waals surface area contributed by atoms with Gasteiger partial charge in [0.2, 0.25) is 0 Å². The van der Waals surface area contributed by atoms with Gasteiger partial charge in [-0.25, -0.2) is 0 Å². The fourth-order valence-corrected chi connectivity index (χ4v) is 2.20. The van der Waals surface area contributed by atoms with Gasteiger partial charge in [0.15, 0.2) is 0 Å². The number of anilines is 2. The molecule has 3 nitrogen and oxygen atoms in total. The first-order valence-corrected chi connectivity index (χ1v) is 6.36. The van der Waals surface area contributed by atoms with Crippen LogP contribution in [0.2, 0.25) is 0 Å². The third-order valence-electron chi connectivity index (χ3n) is 2.85. The number of benzene rings is 1. The molecule has 0 aliphatic carbocycles. The zero-order valence-corrected chi connectivity index (χ0v) is 12.3. The summed E-state index contributed by atoms with van der Waals surface area (Å²) in [5, 5.41) is 2.89. The van der Waals surface area contributed by atoms with Crippen molar-refractivity contribution in [3.05, 3.63) is 23.8 Å². The largest absolute Gasteiger partial charge is 0.418 e. The fraction of sp³-hybridized carbons (Fsp3) is 0.571. The van der Waals surface area contributed by atoms with Gasteiger partial charge in [-0.05, 0) is 37.7 Å². The van der Waals surface area contributed by atoms with Gasteiger partial charge >= 0.3 is 6.18 Å². The van der Waals surface area contributed by atoms with Gasteiger partial charge < -0.3 is 16.0 Å². The first-order valence-electron chi connectivity index (χ1n) is 6.36. The first-order chi connectivity index (χ1) is 9.01. The summed E-state index contributed by atoms with van der Waals surface area (Å²) in [5.74, 6) is 0. The van der Waals surface area contributed by atoms with Gasteiger partial charge in [0.1, 0.15) is 0 Å². The van der Waals surface area contributed by atoms with Crippen molar-refractivity contribution in [1.82, 2.24) is 4.90 Å². The van der Waals surface area contributed by atoms with E-state index in [1.807, 2.05) is 32.8 Å². The molecule has 6 heteroatoms. The molecule has 3 N–H and O–H groups in total. The van der Waals surface area contributed by atoms with Crippen molar-refractivity contribution in [3.8, 4) is 0 Å². The van der Waals surface area contributed by atoms with Gasteiger partial charge in [0.05, 0.1) is 5.56 Å². The minimum Gasteiger partial charge on any atom is -0.399 e. The lowest BCUT2D eigenvalue weighted by molar-refractivity contribution is -0.136. The summed E-state index contributed by atoms with van der Waals surface area (Å²) < 4.78 is 38.9. The molecule has 0 aliphatic heterocycles. The van der Waals surface area contributed by atoms with Crippen LogP contribution >= 0.6 is 0 Å². The second-order valence-corrected chi connectivity index (χ2v) is 6.06. The van der Waals surface area contributed by atoms with Crippen molar-refractivity contribution >= 4 is 11.4 Å². The summed E-state index contributed by atoms with van der Waals surface area (Å²) in [6, 6.07) is 3.81. The van der Waals surface area contributed by atoms with Crippen LogP contribution in [-0.4, -0.2) is 32.1 Å². The molecule has 0 radical (unpaired) electrons. The smallest absolute Gasteiger partial charge is 0.399 e. The maximum atomic E-state index is 13.0. The molecule has 0 amide bonds. The standard InChI is InChI=1S/C14H22F3N3/c1-13(2,9-20(3)4)8-19-12-6-5-10(18)7-11(12)14(15,16)17/h5-7,19H,8-9,18H2,1-4H3. The van der Waals surface area contributed by atoms with Crippen molar-refractivity contribution in [3.63, 3.8) is 0 Å². The van der Waals surface area contributed by atoms with Crippen molar-refractivity contribution < 1.29 is 13.2 Å². The average molecular weight is 289 g/mol. The molecule has 0 heterocycles. The number of halogens is 3. The minimum atomic E-state index is -4.41. The van der Waals surface area contributed by atoms with Crippen LogP contribution in [0.4, 0.5) is 24.5 Å². The second-order valence-electron chi connectivity index (χ2n) is 6.06. The van der Waals surface area contributed by atoms with Crippen LogP contribution in [0, 0.1) is 5.41 Å². The van der Waals surface area contributed by atoms with Crippen molar-refractivity contribution in [2.45, 2.75) is 20.0 Å². The zero-order chi connectivity index (χ0) is 15.6. The SMILES string of the molecule is CN(C)CC(C)(C)CNc1ccc(N)cc1C(F)(F)F. The lowest BCUT2D eigenvalue weighted by Crippen LogP contribution is -2.34. The maximum Gasteiger partial charge on any atom is 0.418 e. The highest BCUT2D eigenvalue weighted by Gasteiger charge is 2.34. The van der Waals surface area contributed by atoms with E-state index in [2.05, 4.69) is 5.32 Å². The molecule has 0 bridgehead atoms. The Morgan fingerprint density at radius 2 is 1.80 bits per heavy atom. The Kier molecular flexibility index (Phi) is 4.91. The summed E-state index contributed by atoms with van der Waals surface area (Å²) >= 11 is 0. The van der Waals surface area contributed by atoms with Crippen LogP contribution in [0.1, 0.15) is 19.4 Å². The molecule has 0 saturated heterocycles. The predicted octanol–water partition coefficient (Wildman–Crippen LogP) is 3.29. The van der Waals surface area contributed by atoms with E-state index in [1.54, 1.807) is 0 Å². The molecule has 0 atom stereocenters. The van der Waals surface area contributed by atoms with E-state index < -0.39 is 11.7 Å². The van der Waals surface area contributed by atoms with Crippen LogP contribution < -0.4 is 11.1 Å². The molecule has 1 aromatic carbocycles. The molecule has 1 rings (SSSR count). The van der Waals surface area contributed by atoms with E-state index >= 15 is 0 Å². The van der Waals surface area contributed by atoms with Crippen LogP contribution in [0.25, 0.3) is 0 Å². The molecule has 1 aromatic rings. The Morgan fingerprint density at radius 3 is 2.30 bits per heavy atom. The van der Waals surface area contributed by atoms with Crippen molar-refractivity contribution in [1.29, 1.82) is 0 Å². The summed E-state index contributed by atoms with van der Waals surface area (Å²) in [7, 11) is 3.87. The van der Waals surface area contributed by atoms with Gasteiger partial charge in [-0.15, -0.1) is 0 Å². The molecule has 0 saturated carbocycles. The number of nitrogen functional groups attached to an aromatic ring is 1. The number of hydrogen-bond acceptors (Lipinski definition) is 3. The molecular formula is C14H22F3N3. The molecule has 20 heavy (non-hydrogen) atoms. The highest BCUT2D eigenvalue weighted by atomic mass is 19.4. The van der Waals surface area contributed by atoms with E-state index in [4.69, 9.17) is 5.73 Å². The van der Waals surface area contributed by atoms with E-state index in [0.717, 1.165) is 12.6 Å². The summed E-state index contributed by atoms with van der Waals surface area (Å²) in [4.78, 5) is 2.01. The Morgan fingerprint density at radius 1 is 1.20 bits per heavy atom. The van der Waals surface area contributed by atoms with Gasteiger partial charge in [-0.3, -0.25) is 0 Å². The van der Waals surface area contributed by atoms with Crippen LogP contribution in [0.3, 0.4) is 0 Å². The molecule has 0 aromatic heterocycles. The fourth-order valence-electron chi connectivity index (χ4n) is 2.20. The zero-order valence-electron chi connectivity index (χ0n) is 12.3. The first kappa shape index (κ1) is 16.6. The molecule has 0 spiro atoms. The van der Waals surface area contributed by atoms with Crippen LogP contribution in [0.15, 0.2) is 18.2 Å². The number of rotatable bonds is 5.